The number of alkyl carbamates (subject to hydrolysis) is 1. The predicted molar refractivity (Wildman–Crippen MR) is 86.4 cm³/mol. The zero-order chi connectivity index (χ0) is 16.8. The van der Waals surface area contributed by atoms with Gasteiger partial charge in [-0.25, -0.2) is 4.79 Å². The quantitative estimate of drug-likeness (QED) is 0.677. The lowest BCUT2D eigenvalue weighted by molar-refractivity contribution is -0.120. The molecule has 0 bridgehead atoms. The van der Waals surface area contributed by atoms with Gasteiger partial charge in [-0.05, 0) is 40.5 Å². The first kappa shape index (κ1) is 18.7. The third-order valence-corrected chi connectivity index (χ3v) is 3.82. The van der Waals surface area contributed by atoms with Gasteiger partial charge in [-0.2, -0.15) is 0 Å². The molecule has 0 heterocycles. The summed E-state index contributed by atoms with van der Waals surface area (Å²) < 4.78 is 5.22. The molecule has 1 saturated carbocycles. The summed E-state index contributed by atoms with van der Waals surface area (Å²) in [5.74, 6) is -0.451. The minimum atomic E-state index is -0.587. The molecule has 0 saturated heterocycles. The number of amides is 2. The van der Waals surface area contributed by atoms with Crippen molar-refractivity contribution in [3.63, 3.8) is 0 Å². The molecule has 6 nitrogen and oxygen atoms in total. The summed E-state index contributed by atoms with van der Waals surface area (Å²) in [6.07, 6.45) is 6.37. The van der Waals surface area contributed by atoms with Crippen LogP contribution in [0.25, 0.3) is 0 Å². The second kappa shape index (κ2) is 8.36. The minimum Gasteiger partial charge on any atom is -0.444 e. The van der Waals surface area contributed by atoms with Crippen molar-refractivity contribution < 1.29 is 14.3 Å². The first-order valence-corrected chi connectivity index (χ1v) is 8.24. The fourth-order valence-corrected chi connectivity index (χ4v) is 2.75. The van der Waals surface area contributed by atoms with Crippen LogP contribution in [0.4, 0.5) is 4.79 Å². The molecule has 1 rings (SSSR count). The standard InChI is InChI=1S/C16H31N3O3/c1-11(18-15(21)22-16(2,3)4)13(14(17)20)19-12-9-7-5-6-8-10-12/h11-13,19H,5-10H2,1-4H3,(H2,17,20)(H,18,21). The van der Waals surface area contributed by atoms with Gasteiger partial charge in [0, 0.05) is 6.04 Å². The highest BCUT2D eigenvalue weighted by Crippen LogP contribution is 2.18. The van der Waals surface area contributed by atoms with Gasteiger partial charge in [-0.3, -0.25) is 4.79 Å². The summed E-state index contributed by atoms with van der Waals surface area (Å²) in [5.41, 5.74) is 4.93. The molecule has 2 unspecified atom stereocenters. The van der Waals surface area contributed by atoms with Gasteiger partial charge in [0.05, 0.1) is 6.04 Å². The summed E-state index contributed by atoms with van der Waals surface area (Å²) in [7, 11) is 0. The molecule has 0 aliphatic heterocycles. The lowest BCUT2D eigenvalue weighted by Crippen LogP contribution is -2.57. The fraction of sp³-hybridized carbons (Fsp3) is 0.875. The molecule has 0 spiro atoms. The first-order valence-electron chi connectivity index (χ1n) is 8.24. The molecule has 1 aliphatic rings. The van der Waals surface area contributed by atoms with E-state index >= 15 is 0 Å². The highest BCUT2D eigenvalue weighted by molar-refractivity contribution is 5.81. The molecule has 0 aromatic heterocycles. The molecule has 2 amide bonds. The molecule has 0 aromatic carbocycles. The van der Waals surface area contributed by atoms with Crippen molar-refractivity contribution in [2.45, 2.75) is 89.9 Å². The Labute approximate surface area is 133 Å². The molecular formula is C16H31N3O3. The highest BCUT2D eigenvalue weighted by atomic mass is 16.6. The Hall–Kier alpha value is -1.30. The van der Waals surface area contributed by atoms with Gasteiger partial charge < -0.3 is 21.1 Å². The van der Waals surface area contributed by atoms with Crippen molar-refractivity contribution in [3.8, 4) is 0 Å². The number of carbonyl (C=O) groups is 2. The Bertz CT molecular complexity index is 371. The molecule has 2 atom stereocenters. The number of carbonyl (C=O) groups excluding carboxylic acids is 2. The SMILES string of the molecule is CC(NC(=O)OC(C)(C)C)C(NC1CCCCCC1)C(N)=O. The van der Waals surface area contributed by atoms with Gasteiger partial charge in [0.15, 0.2) is 0 Å². The molecule has 1 aliphatic carbocycles. The smallest absolute Gasteiger partial charge is 0.407 e. The lowest BCUT2D eigenvalue weighted by atomic mass is 10.0. The van der Waals surface area contributed by atoms with Crippen LogP contribution in [-0.4, -0.2) is 35.7 Å². The number of nitrogens with one attached hydrogen (secondary N) is 2. The molecule has 128 valence electrons. The van der Waals surface area contributed by atoms with E-state index in [1.54, 1.807) is 27.7 Å². The van der Waals surface area contributed by atoms with Gasteiger partial charge in [0.1, 0.15) is 11.6 Å². The van der Waals surface area contributed by atoms with Crippen LogP contribution in [0, 0.1) is 0 Å². The van der Waals surface area contributed by atoms with Crippen molar-refractivity contribution in [2.75, 3.05) is 0 Å². The maximum Gasteiger partial charge on any atom is 0.407 e. The van der Waals surface area contributed by atoms with Gasteiger partial charge in [0.25, 0.3) is 0 Å². The summed E-state index contributed by atoms with van der Waals surface area (Å²) in [5, 5.41) is 6.02. The Morgan fingerprint density at radius 2 is 1.68 bits per heavy atom. The van der Waals surface area contributed by atoms with Gasteiger partial charge in [-0.1, -0.05) is 25.7 Å². The van der Waals surface area contributed by atoms with Crippen LogP contribution in [0.5, 0.6) is 0 Å². The molecule has 22 heavy (non-hydrogen) atoms. The van der Waals surface area contributed by atoms with Crippen LogP contribution >= 0.6 is 0 Å². The van der Waals surface area contributed by atoms with E-state index in [0.29, 0.717) is 0 Å². The molecule has 0 aromatic rings. The van der Waals surface area contributed by atoms with Crippen molar-refractivity contribution in [3.05, 3.63) is 0 Å². The third kappa shape index (κ3) is 7.11. The number of nitrogens with two attached hydrogens (primary N) is 1. The van der Waals surface area contributed by atoms with Gasteiger partial charge in [0.2, 0.25) is 5.91 Å². The Morgan fingerprint density at radius 3 is 2.14 bits per heavy atom. The normalized spacial score (nSPS) is 19.8. The number of rotatable bonds is 5. The van der Waals surface area contributed by atoms with E-state index < -0.39 is 29.7 Å². The van der Waals surface area contributed by atoms with E-state index in [1.165, 1.54) is 12.8 Å². The van der Waals surface area contributed by atoms with Crippen LogP contribution in [0.1, 0.15) is 66.2 Å². The van der Waals surface area contributed by atoms with Crippen molar-refractivity contribution in [1.82, 2.24) is 10.6 Å². The van der Waals surface area contributed by atoms with Crippen LogP contribution in [0.15, 0.2) is 0 Å². The maximum absolute atomic E-state index is 11.8. The monoisotopic (exact) mass is 313 g/mol. The van der Waals surface area contributed by atoms with Crippen LogP contribution in [0.3, 0.4) is 0 Å². The van der Waals surface area contributed by atoms with Crippen LogP contribution < -0.4 is 16.4 Å². The largest absolute Gasteiger partial charge is 0.444 e. The van der Waals surface area contributed by atoms with E-state index in [0.717, 1.165) is 25.7 Å². The number of hydrogen-bond donors (Lipinski definition) is 3. The summed E-state index contributed by atoms with van der Waals surface area (Å²) in [4.78, 5) is 23.6. The second-order valence-corrected chi connectivity index (χ2v) is 7.17. The van der Waals surface area contributed by atoms with Gasteiger partial charge in [-0.15, -0.1) is 0 Å². The van der Waals surface area contributed by atoms with Crippen molar-refractivity contribution in [1.29, 1.82) is 0 Å². The Morgan fingerprint density at radius 1 is 1.14 bits per heavy atom. The zero-order valence-electron chi connectivity index (χ0n) is 14.3. The Kier molecular flexibility index (Phi) is 7.13. The van der Waals surface area contributed by atoms with E-state index in [4.69, 9.17) is 10.5 Å². The highest BCUT2D eigenvalue weighted by Gasteiger charge is 2.28. The minimum absolute atomic E-state index is 0.280. The topological polar surface area (TPSA) is 93.4 Å². The van der Waals surface area contributed by atoms with Crippen LogP contribution in [-0.2, 0) is 9.53 Å². The number of ether oxygens (including phenoxy) is 1. The second-order valence-electron chi connectivity index (χ2n) is 7.17. The predicted octanol–water partition coefficient (Wildman–Crippen LogP) is 2.07. The summed E-state index contributed by atoms with van der Waals surface area (Å²) in [6, 6.07) is -0.728. The average Bonchev–Trinajstić information content (AvgIpc) is 2.61. The van der Waals surface area contributed by atoms with E-state index in [1.807, 2.05) is 0 Å². The molecule has 4 N–H and O–H groups in total. The third-order valence-electron chi connectivity index (χ3n) is 3.82. The van der Waals surface area contributed by atoms with E-state index in [2.05, 4.69) is 10.6 Å². The number of primary amides is 1. The molecule has 6 heteroatoms. The first-order chi connectivity index (χ1) is 10.2. The van der Waals surface area contributed by atoms with E-state index in [-0.39, 0.29) is 6.04 Å². The Balaban J connectivity index is 2.57. The van der Waals surface area contributed by atoms with E-state index in [9.17, 15) is 9.59 Å². The number of hydrogen-bond acceptors (Lipinski definition) is 4. The lowest BCUT2D eigenvalue weighted by Gasteiger charge is -2.29. The molecular weight excluding hydrogens is 282 g/mol. The maximum atomic E-state index is 11.8. The molecule has 1 fully saturated rings. The van der Waals surface area contributed by atoms with Gasteiger partial charge >= 0.3 is 6.09 Å². The average molecular weight is 313 g/mol. The molecule has 0 radical (unpaired) electrons. The fourth-order valence-electron chi connectivity index (χ4n) is 2.75. The van der Waals surface area contributed by atoms with Crippen molar-refractivity contribution in [2.24, 2.45) is 5.73 Å². The summed E-state index contributed by atoms with van der Waals surface area (Å²) >= 11 is 0. The zero-order valence-corrected chi connectivity index (χ0v) is 14.3. The summed E-state index contributed by atoms with van der Waals surface area (Å²) in [6.45, 7) is 7.16. The van der Waals surface area contributed by atoms with Crippen molar-refractivity contribution >= 4 is 12.0 Å². The van der Waals surface area contributed by atoms with Crippen LogP contribution in [0.2, 0.25) is 0 Å².